The Morgan fingerprint density at radius 1 is 1.03 bits per heavy atom. The minimum Gasteiger partial charge on any atom is -0.330 e. The average molecular weight is 428 g/mol. The molecule has 0 bridgehead atoms. The van der Waals surface area contributed by atoms with E-state index in [9.17, 15) is 4.79 Å². The Morgan fingerprint density at radius 2 is 1.81 bits per heavy atom. The number of nitrogens with one attached hydrogen (secondary N) is 1. The third-order valence-corrected chi connectivity index (χ3v) is 5.51. The fraction of sp³-hybridized carbons (Fsp3) is 0.269. The van der Waals surface area contributed by atoms with Crippen LogP contribution < -0.4 is 5.32 Å². The normalized spacial score (nSPS) is 11.1. The van der Waals surface area contributed by atoms with Crippen molar-refractivity contribution in [2.75, 3.05) is 5.32 Å². The Morgan fingerprint density at radius 3 is 2.56 bits per heavy atom. The molecule has 1 N–H and O–H groups in total. The van der Waals surface area contributed by atoms with Crippen LogP contribution in [0.25, 0.3) is 0 Å². The summed E-state index contributed by atoms with van der Waals surface area (Å²) in [6, 6.07) is 18.1. The molecule has 0 saturated heterocycles. The number of aromatic nitrogens is 4. The van der Waals surface area contributed by atoms with Crippen LogP contribution in [0.3, 0.4) is 0 Å². The Labute approximate surface area is 188 Å². The summed E-state index contributed by atoms with van der Waals surface area (Å²) >= 11 is 0. The van der Waals surface area contributed by atoms with Crippen LogP contribution in [0, 0.1) is 0 Å². The maximum absolute atomic E-state index is 13.1. The van der Waals surface area contributed by atoms with Gasteiger partial charge in [-0.2, -0.15) is 5.10 Å². The lowest BCUT2D eigenvalue weighted by Crippen LogP contribution is -2.15. The van der Waals surface area contributed by atoms with E-state index in [1.54, 1.807) is 6.20 Å². The number of imidazole rings is 1. The molecule has 0 aliphatic heterocycles. The quantitative estimate of drug-likeness (QED) is 0.425. The molecule has 1 amide bonds. The van der Waals surface area contributed by atoms with Crippen LogP contribution in [0.1, 0.15) is 59.7 Å². The van der Waals surface area contributed by atoms with Crippen molar-refractivity contribution in [3.63, 3.8) is 0 Å². The van der Waals surface area contributed by atoms with Gasteiger partial charge in [-0.25, -0.2) is 4.98 Å². The zero-order valence-electron chi connectivity index (χ0n) is 18.8. The summed E-state index contributed by atoms with van der Waals surface area (Å²) in [6.45, 7) is 7.69. The molecule has 2 aromatic heterocycles. The third-order valence-electron chi connectivity index (χ3n) is 5.51. The number of hydrogen-bond acceptors (Lipinski definition) is 3. The number of benzene rings is 2. The molecule has 0 spiro atoms. The van der Waals surface area contributed by atoms with Gasteiger partial charge in [0, 0.05) is 30.5 Å². The van der Waals surface area contributed by atoms with Crippen LogP contribution in [-0.2, 0) is 19.5 Å². The van der Waals surface area contributed by atoms with Crippen molar-refractivity contribution in [2.24, 2.45) is 0 Å². The monoisotopic (exact) mass is 427 g/mol. The Hall–Kier alpha value is -3.67. The summed E-state index contributed by atoms with van der Waals surface area (Å²) in [6.07, 6.45) is 6.23. The SMILES string of the molecule is CCc1c(C(=O)Nc2cccc(Cn3ccnc3C(C)C)c2)cnn1Cc1ccccc1. The van der Waals surface area contributed by atoms with Gasteiger partial charge in [0.1, 0.15) is 5.82 Å². The first-order valence-electron chi connectivity index (χ1n) is 11.0. The molecule has 0 unspecified atom stereocenters. The van der Waals surface area contributed by atoms with E-state index in [-0.39, 0.29) is 5.91 Å². The number of amides is 1. The van der Waals surface area contributed by atoms with Gasteiger partial charge in [0.2, 0.25) is 0 Å². The number of rotatable bonds is 8. The highest BCUT2D eigenvalue weighted by molar-refractivity contribution is 6.05. The standard InChI is InChI=1S/C26H29N5O/c1-4-24-23(16-28-31(24)18-20-9-6-5-7-10-20)26(32)29-22-12-8-11-21(15-22)17-30-14-13-27-25(30)19(2)3/h5-16,19H,4,17-18H2,1-3H3,(H,29,32). The number of anilines is 1. The van der Waals surface area contributed by atoms with Gasteiger partial charge in [0.15, 0.2) is 0 Å². The molecule has 6 heteroatoms. The summed E-state index contributed by atoms with van der Waals surface area (Å²) in [5.41, 5.74) is 4.59. The minimum absolute atomic E-state index is 0.135. The lowest BCUT2D eigenvalue weighted by molar-refractivity contribution is 0.102. The fourth-order valence-corrected chi connectivity index (χ4v) is 3.96. The second-order valence-electron chi connectivity index (χ2n) is 8.22. The van der Waals surface area contributed by atoms with Crippen molar-refractivity contribution in [3.05, 3.63) is 101 Å². The van der Waals surface area contributed by atoms with Crippen LogP contribution in [0.4, 0.5) is 5.69 Å². The molecule has 0 aliphatic rings. The topological polar surface area (TPSA) is 64.7 Å². The molecule has 0 fully saturated rings. The number of hydrogen-bond donors (Lipinski definition) is 1. The zero-order valence-corrected chi connectivity index (χ0v) is 18.8. The highest BCUT2D eigenvalue weighted by Crippen LogP contribution is 2.18. The molecule has 6 nitrogen and oxygen atoms in total. The van der Waals surface area contributed by atoms with Gasteiger partial charge in [0.05, 0.1) is 24.0 Å². The van der Waals surface area contributed by atoms with E-state index < -0.39 is 0 Å². The van der Waals surface area contributed by atoms with Gasteiger partial charge < -0.3 is 9.88 Å². The smallest absolute Gasteiger partial charge is 0.259 e. The van der Waals surface area contributed by atoms with Crippen LogP contribution in [0.15, 0.2) is 73.2 Å². The van der Waals surface area contributed by atoms with Gasteiger partial charge in [-0.15, -0.1) is 0 Å². The number of carbonyl (C=O) groups excluding carboxylic acids is 1. The van der Waals surface area contributed by atoms with Crippen LogP contribution in [-0.4, -0.2) is 25.2 Å². The highest BCUT2D eigenvalue weighted by Gasteiger charge is 2.17. The van der Waals surface area contributed by atoms with E-state index in [0.717, 1.165) is 34.8 Å². The molecule has 2 aromatic carbocycles. The minimum atomic E-state index is -0.135. The van der Waals surface area contributed by atoms with Gasteiger partial charge in [-0.05, 0) is 29.7 Å². The average Bonchev–Trinajstić information content (AvgIpc) is 3.41. The summed E-state index contributed by atoms with van der Waals surface area (Å²) in [7, 11) is 0. The molecule has 0 atom stereocenters. The molecule has 164 valence electrons. The molecule has 4 rings (SSSR count). The van der Waals surface area contributed by atoms with E-state index >= 15 is 0 Å². The van der Waals surface area contributed by atoms with Crippen molar-refractivity contribution >= 4 is 11.6 Å². The fourth-order valence-electron chi connectivity index (χ4n) is 3.96. The van der Waals surface area contributed by atoms with Gasteiger partial charge in [0.25, 0.3) is 5.91 Å². The summed E-state index contributed by atoms with van der Waals surface area (Å²) < 4.78 is 4.06. The van der Waals surface area contributed by atoms with Crippen LogP contribution in [0.5, 0.6) is 0 Å². The number of carbonyl (C=O) groups is 1. The summed E-state index contributed by atoms with van der Waals surface area (Å²) in [5, 5.41) is 7.53. The Balaban J connectivity index is 1.49. The van der Waals surface area contributed by atoms with Crippen molar-refractivity contribution in [1.82, 2.24) is 19.3 Å². The predicted octanol–water partition coefficient (Wildman–Crippen LogP) is 5.11. The molecule has 4 aromatic rings. The van der Waals surface area contributed by atoms with Gasteiger partial charge in [-0.3, -0.25) is 9.48 Å². The molecule has 32 heavy (non-hydrogen) atoms. The first kappa shape index (κ1) is 21.6. The first-order valence-corrected chi connectivity index (χ1v) is 11.0. The second-order valence-corrected chi connectivity index (χ2v) is 8.22. The Bertz CT molecular complexity index is 1190. The maximum atomic E-state index is 13.1. The van der Waals surface area contributed by atoms with Gasteiger partial charge in [-0.1, -0.05) is 63.2 Å². The van der Waals surface area contributed by atoms with E-state index in [1.165, 1.54) is 0 Å². The molecular weight excluding hydrogens is 398 g/mol. The second kappa shape index (κ2) is 9.64. The first-order chi connectivity index (χ1) is 15.5. The number of nitrogens with zero attached hydrogens (tertiary/aromatic N) is 4. The molecule has 0 radical (unpaired) electrons. The largest absolute Gasteiger partial charge is 0.330 e. The predicted molar refractivity (Wildman–Crippen MR) is 127 cm³/mol. The highest BCUT2D eigenvalue weighted by atomic mass is 16.1. The van der Waals surface area contributed by atoms with Crippen molar-refractivity contribution < 1.29 is 4.79 Å². The van der Waals surface area contributed by atoms with Crippen LogP contribution in [0.2, 0.25) is 0 Å². The van der Waals surface area contributed by atoms with E-state index in [0.29, 0.717) is 24.6 Å². The lowest BCUT2D eigenvalue weighted by atomic mass is 10.1. The maximum Gasteiger partial charge on any atom is 0.259 e. The van der Waals surface area contributed by atoms with E-state index in [1.807, 2.05) is 60.4 Å². The van der Waals surface area contributed by atoms with Crippen molar-refractivity contribution in [2.45, 2.75) is 46.2 Å². The molecule has 0 saturated carbocycles. The molecule has 0 aliphatic carbocycles. The lowest BCUT2D eigenvalue weighted by Gasteiger charge is -2.12. The molecular formula is C26H29N5O. The summed E-state index contributed by atoms with van der Waals surface area (Å²) in [5.74, 6) is 1.27. The van der Waals surface area contributed by atoms with E-state index in [4.69, 9.17) is 0 Å². The summed E-state index contributed by atoms with van der Waals surface area (Å²) in [4.78, 5) is 17.5. The molecule has 2 heterocycles. The van der Waals surface area contributed by atoms with Gasteiger partial charge >= 0.3 is 0 Å². The van der Waals surface area contributed by atoms with Crippen molar-refractivity contribution in [3.8, 4) is 0 Å². The van der Waals surface area contributed by atoms with Crippen LogP contribution >= 0.6 is 0 Å². The zero-order chi connectivity index (χ0) is 22.5. The van der Waals surface area contributed by atoms with E-state index in [2.05, 4.69) is 52.0 Å². The Kier molecular flexibility index (Phi) is 6.50. The third kappa shape index (κ3) is 4.80. The van der Waals surface area contributed by atoms with Crippen molar-refractivity contribution in [1.29, 1.82) is 0 Å².